The van der Waals surface area contributed by atoms with E-state index in [0.717, 1.165) is 31.2 Å². The normalized spacial score (nSPS) is 12.8. The molecule has 1 atom stereocenters. The third-order valence-corrected chi connectivity index (χ3v) is 3.88. The van der Waals surface area contributed by atoms with Crippen LogP contribution in [0.4, 0.5) is 0 Å². The molecule has 0 aliphatic carbocycles. The number of hydrogen-bond donors (Lipinski definition) is 1. The molecule has 120 valence electrons. The molecule has 5 nitrogen and oxygen atoms in total. The van der Waals surface area contributed by atoms with E-state index in [2.05, 4.69) is 38.7 Å². The molecule has 0 fully saturated rings. The van der Waals surface area contributed by atoms with E-state index >= 15 is 0 Å². The molecule has 0 aliphatic rings. The van der Waals surface area contributed by atoms with E-state index in [4.69, 9.17) is 0 Å². The fourth-order valence-electron chi connectivity index (χ4n) is 2.61. The van der Waals surface area contributed by atoms with Crippen molar-refractivity contribution in [3.8, 4) is 0 Å². The van der Waals surface area contributed by atoms with Crippen molar-refractivity contribution >= 4 is 0 Å². The van der Waals surface area contributed by atoms with Crippen molar-refractivity contribution in [2.45, 2.75) is 52.9 Å². The molecular weight excluding hydrogens is 276 g/mol. The van der Waals surface area contributed by atoms with Crippen LogP contribution in [0, 0.1) is 6.92 Å². The van der Waals surface area contributed by atoms with Crippen LogP contribution in [0.2, 0.25) is 0 Å². The lowest BCUT2D eigenvalue weighted by molar-refractivity contribution is 0.0992. The minimum absolute atomic E-state index is 0.317. The van der Waals surface area contributed by atoms with Crippen LogP contribution in [-0.4, -0.2) is 37.4 Å². The summed E-state index contributed by atoms with van der Waals surface area (Å²) in [5.41, 5.74) is 1.24. The Morgan fingerprint density at radius 2 is 1.86 bits per heavy atom. The van der Waals surface area contributed by atoms with Crippen LogP contribution in [0.1, 0.15) is 37.5 Å². The minimum Gasteiger partial charge on any atom is -0.392 e. The van der Waals surface area contributed by atoms with E-state index in [0.29, 0.717) is 13.1 Å². The summed E-state index contributed by atoms with van der Waals surface area (Å²) in [6.45, 7) is 9.08. The molecular formula is C17H26N4O. The van der Waals surface area contributed by atoms with E-state index in [1.165, 1.54) is 5.56 Å². The van der Waals surface area contributed by atoms with Crippen molar-refractivity contribution < 1.29 is 5.11 Å². The summed E-state index contributed by atoms with van der Waals surface area (Å²) in [5.74, 6) is 1.90. The van der Waals surface area contributed by atoms with Gasteiger partial charge in [0.15, 0.2) is 0 Å². The monoisotopic (exact) mass is 302 g/mol. The number of benzene rings is 1. The average Bonchev–Trinajstić information content (AvgIpc) is 2.87. The molecule has 1 aromatic heterocycles. The molecule has 0 spiro atoms. The van der Waals surface area contributed by atoms with E-state index in [1.807, 2.05) is 32.0 Å². The first-order valence-electron chi connectivity index (χ1n) is 7.97. The summed E-state index contributed by atoms with van der Waals surface area (Å²) in [6, 6.07) is 10.3. The Bertz CT molecular complexity index is 567. The highest BCUT2D eigenvalue weighted by molar-refractivity contribution is 5.14. The Hall–Kier alpha value is -1.72. The summed E-state index contributed by atoms with van der Waals surface area (Å²) in [6.07, 6.45) is 0.438. The van der Waals surface area contributed by atoms with Gasteiger partial charge in [-0.05, 0) is 25.8 Å². The zero-order valence-corrected chi connectivity index (χ0v) is 13.7. The molecule has 0 saturated heterocycles. The molecule has 1 aromatic carbocycles. The summed E-state index contributed by atoms with van der Waals surface area (Å²) >= 11 is 0. The molecule has 0 aliphatic heterocycles. The third kappa shape index (κ3) is 4.39. The van der Waals surface area contributed by atoms with Gasteiger partial charge in [0.05, 0.1) is 12.6 Å². The SMILES string of the molecule is CCC(O)CN(Cc1ccccc1)Cc1nnc(C)n1CC. The summed E-state index contributed by atoms with van der Waals surface area (Å²) in [5, 5.41) is 18.5. The Kier molecular flexibility index (Phi) is 6.10. The summed E-state index contributed by atoms with van der Waals surface area (Å²) in [7, 11) is 0. The van der Waals surface area contributed by atoms with Gasteiger partial charge in [-0.25, -0.2) is 0 Å². The molecule has 2 aromatic rings. The van der Waals surface area contributed by atoms with E-state index in [-0.39, 0.29) is 6.10 Å². The van der Waals surface area contributed by atoms with Crippen LogP contribution in [0.15, 0.2) is 30.3 Å². The van der Waals surface area contributed by atoms with Crippen LogP contribution in [0.5, 0.6) is 0 Å². The van der Waals surface area contributed by atoms with Gasteiger partial charge in [0.25, 0.3) is 0 Å². The molecule has 1 unspecified atom stereocenters. The summed E-state index contributed by atoms with van der Waals surface area (Å²) in [4.78, 5) is 2.24. The van der Waals surface area contributed by atoms with Crippen molar-refractivity contribution in [2.75, 3.05) is 6.54 Å². The quantitative estimate of drug-likeness (QED) is 0.813. The second-order valence-electron chi connectivity index (χ2n) is 5.62. The smallest absolute Gasteiger partial charge is 0.147 e. The second-order valence-corrected chi connectivity index (χ2v) is 5.62. The first-order valence-corrected chi connectivity index (χ1v) is 7.97. The van der Waals surface area contributed by atoms with Crippen LogP contribution in [-0.2, 0) is 19.6 Å². The molecule has 1 heterocycles. The Labute approximate surface area is 132 Å². The van der Waals surface area contributed by atoms with E-state index < -0.39 is 0 Å². The average molecular weight is 302 g/mol. The standard InChI is InChI=1S/C17H26N4O/c1-4-16(22)12-20(11-15-9-7-6-8-10-15)13-17-19-18-14(3)21(17)5-2/h6-10,16,22H,4-5,11-13H2,1-3H3. The van der Waals surface area contributed by atoms with Crippen molar-refractivity contribution in [3.05, 3.63) is 47.5 Å². The van der Waals surface area contributed by atoms with Gasteiger partial charge in [-0.3, -0.25) is 4.90 Å². The lowest BCUT2D eigenvalue weighted by atomic mass is 10.2. The van der Waals surface area contributed by atoms with Gasteiger partial charge in [-0.1, -0.05) is 37.3 Å². The van der Waals surface area contributed by atoms with Crippen molar-refractivity contribution in [1.29, 1.82) is 0 Å². The highest BCUT2D eigenvalue weighted by Crippen LogP contribution is 2.11. The van der Waals surface area contributed by atoms with E-state index in [9.17, 15) is 5.11 Å². The number of aryl methyl sites for hydroxylation is 1. The highest BCUT2D eigenvalue weighted by Gasteiger charge is 2.16. The Morgan fingerprint density at radius 1 is 1.14 bits per heavy atom. The molecule has 0 radical (unpaired) electrons. The molecule has 0 amide bonds. The second kappa shape index (κ2) is 8.06. The number of aromatic nitrogens is 3. The lowest BCUT2D eigenvalue weighted by Gasteiger charge is -2.24. The third-order valence-electron chi connectivity index (χ3n) is 3.88. The molecule has 0 saturated carbocycles. The number of rotatable bonds is 8. The van der Waals surface area contributed by atoms with Crippen LogP contribution in [0.3, 0.4) is 0 Å². The van der Waals surface area contributed by atoms with Gasteiger partial charge in [-0.15, -0.1) is 10.2 Å². The summed E-state index contributed by atoms with van der Waals surface area (Å²) < 4.78 is 2.12. The zero-order valence-electron chi connectivity index (χ0n) is 13.7. The van der Waals surface area contributed by atoms with Crippen LogP contribution >= 0.6 is 0 Å². The van der Waals surface area contributed by atoms with Gasteiger partial charge >= 0.3 is 0 Å². The van der Waals surface area contributed by atoms with Crippen LogP contribution in [0.25, 0.3) is 0 Å². The maximum atomic E-state index is 10.0. The number of nitrogens with zero attached hydrogens (tertiary/aromatic N) is 4. The van der Waals surface area contributed by atoms with Crippen molar-refractivity contribution in [1.82, 2.24) is 19.7 Å². The first-order chi connectivity index (χ1) is 10.6. The Balaban J connectivity index is 2.13. The lowest BCUT2D eigenvalue weighted by Crippen LogP contribution is -2.32. The van der Waals surface area contributed by atoms with Gasteiger partial charge in [0, 0.05) is 19.6 Å². The predicted molar refractivity (Wildman–Crippen MR) is 87.3 cm³/mol. The molecule has 5 heteroatoms. The predicted octanol–water partition coefficient (Wildman–Crippen LogP) is 2.38. The largest absolute Gasteiger partial charge is 0.392 e. The fraction of sp³-hybridized carbons (Fsp3) is 0.529. The minimum atomic E-state index is -0.317. The van der Waals surface area contributed by atoms with Gasteiger partial charge in [0.1, 0.15) is 11.6 Å². The van der Waals surface area contributed by atoms with Crippen LogP contribution < -0.4 is 0 Å². The van der Waals surface area contributed by atoms with Gasteiger partial charge in [0.2, 0.25) is 0 Å². The van der Waals surface area contributed by atoms with Crippen molar-refractivity contribution in [2.24, 2.45) is 0 Å². The molecule has 2 rings (SSSR count). The van der Waals surface area contributed by atoms with Gasteiger partial charge < -0.3 is 9.67 Å². The molecule has 1 N–H and O–H groups in total. The van der Waals surface area contributed by atoms with Gasteiger partial charge in [-0.2, -0.15) is 0 Å². The molecule has 0 bridgehead atoms. The molecule has 22 heavy (non-hydrogen) atoms. The van der Waals surface area contributed by atoms with E-state index in [1.54, 1.807) is 0 Å². The number of aliphatic hydroxyl groups is 1. The number of hydrogen-bond acceptors (Lipinski definition) is 4. The highest BCUT2D eigenvalue weighted by atomic mass is 16.3. The van der Waals surface area contributed by atoms with Crippen molar-refractivity contribution in [3.63, 3.8) is 0 Å². The zero-order chi connectivity index (χ0) is 15.9. The Morgan fingerprint density at radius 3 is 2.50 bits per heavy atom. The topological polar surface area (TPSA) is 54.2 Å². The first kappa shape index (κ1) is 16.6. The number of aliphatic hydroxyl groups excluding tert-OH is 1. The fourth-order valence-corrected chi connectivity index (χ4v) is 2.61. The maximum Gasteiger partial charge on any atom is 0.147 e. The maximum absolute atomic E-state index is 10.0.